The van der Waals surface area contributed by atoms with Gasteiger partial charge in [0, 0.05) is 5.31 Å². The van der Waals surface area contributed by atoms with Crippen molar-refractivity contribution < 1.29 is 23.2 Å². The topological polar surface area (TPSA) is 77.4 Å². The smallest absolute Gasteiger partial charge is 0.434 e. The third-order valence-electron chi connectivity index (χ3n) is 1.80. The molecule has 1 atom stereocenters. The van der Waals surface area contributed by atoms with Gasteiger partial charge in [0.1, 0.15) is 6.34 Å². The van der Waals surface area contributed by atoms with E-state index in [0.717, 1.165) is 0 Å². The van der Waals surface area contributed by atoms with Crippen molar-refractivity contribution in [1.29, 1.82) is 0 Å². The van der Waals surface area contributed by atoms with E-state index in [9.17, 15) is 9.36 Å². The molecule has 0 aromatic carbocycles. The molecule has 0 bridgehead atoms. The van der Waals surface area contributed by atoms with Crippen LogP contribution in [0.2, 0.25) is 0 Å². The van der Waals surface area contributed by atoms with E-state index in [1.807, 2.05) is 0 Å². The minimum absolute atomic E-state index is 0.117. The van der Waals surface area contributed by atoms with Gasteiger partial charge in [-0.05, 0) is 13.8 Å². The van der Waals surface area contributed by atoms with Gasteiger partial charge in [-0.15, -0.1) is 0 Å². The maximum absolute atomic E-state index is 12.2. The molecule has 96 valence electrons. The lowest BCUT2D eigenvalue weighted by Gasteiger charge is -2.21. The number of hydroxylamine groups is 2. The first kappa shape index (κ1) is 13.7. The zero-order valence-electron chi connectivity index (χ0n) is 9.79. The fourth-order valence-corrected chi connectivity index (χ4v) is 1.95. The molecule has 0 aliphatic carbocycles. The van der Waals surface area contributed by atoms with E-state index in [-0.39, 0.29) is 11.9 Å². The Morgan fingerprint density at radius 1 is 1.65 bits per heavy atom. The normalized spacial score (nSPS) is 17.6. The first-order chi connectivity index (χ1) is 7.98. The van der Waals surface area contributed by atoms with Crippen molar-refractivity contribution in [1.82, 2.24) is 5.06 Å². The van der Waals surface area contributed by atoms with Crippen LogP contribution in [0.4, 0.5) is 4.79 Å². The van der Waals surface area contributed by atoms with Gasteiger partial charge < -0.3 is 9.26 Å². The highest BCUT2D eigenvalue weighted by molar-refractivity contribution is 7.58. The van der Waals surface area contributed by atoms with Gasteiger partial charge in [0.2, 0.25) is 0 Å². The van der Waals surface area contributed by atoms with Crippen LogP contribution < -0.4 is 0 Å². The molecule has 8 heteroatoms. The SMILES string of the molecule is C=C(C)P(=O)(OC(=O)OCC)ON1C=NCC1. The average Bonchev–Trinajstić information content (AvgIpc) is 2.69. The molecule has 0 radical (unpaired) electrons. The molecule has 0 aromatic rings. The van der Waals surface area contributed by atoms with Gasteiger partial charge in [0.15, 0.2) is 0 Å². The van der Waals surface area contributed by atoms with Crippen LogP contribution in [0.15, 0.2) is 16.9 Å². The Labute approximate surface area is 99.5 Å². The maximum atomic E-state index is 12.2. The Morgan fingerprint density at radius 2 is 2.35 bits per heavy atom. The number of carbonyl (C=O) groups is 1. The quantitative estimate of drug-likeness (QED) is 0.558. The number of ether oxygens (including phenoxy) is 1. The summed E-state index contributed by atoms with van der Waals surface area (Å²) in [4.78, 5) is 15.0. The van der Waals surface area contributed by atoms with Gasteiger partial charge in [-0.1, -0.05) is 6.58 Å². The average molecular weight is 262 g/mol. The molecule has 1 heterocycles. The molecule has 0 saturated carbocycles. The summed E-state index contributed by atoms with van der Waals surface area (Å²) >= 11 is 0. The molecule has 0 spiro atoms. The molecule has 0 saturated heterocycles. The number of allylic oxidation sites excluding steroid dienone is 1. The van der Waals surface area contributed by atoms with Crippen molar-refractivity contribution in [3.63, 3.8) is 0 Å². The zero-order valence-corrected chi connectivity index (χ0v) is 10.7. The summed E-state index contributed by atoms with van der Waals surface area (Å²) in [5.74, 6) is 0. The monoisotopic (exact) mass is 262 g/mol. The largest absolute Gasteiger partial charge is 0.515 e. The second-order valence-corrected chi connectivity index (χ2v) is 5.36. The molecule has 0 fully saturated rings. The number of aliphatic imine (C=N–C) groups is 1. The van der Waals surface area contributed by atoms with Gasteiger partial charge in [0.25, 0.3) is 0 Å². The molecular weight excluding hydrogens is 247 g/mol. The lowest BCUT2D eigenvalue weighted by molar-refractivity contribution is 0.0149. The second kappa shape index (κ2) is 5.84. The molecule has 0 aromatic heterocycles. The minimum atomic E-state index is -3.76. The van der Waals surface area contributed by atoms with E-state index in [1.165, 1.54) is 18.3 Å². The highest BCUT2D eigenvalue weighted by Gasteiger charge is 2.34. The van der Waals surface area contributed by atoms with Gasteiger partial charge in [0.05, 0.1) is 19.7 Å². The van der Waals surface area contributed by atoms with Gasteiger partial charge in [-0.3, -0.25) is 4.99 Å². The lowest BCUT2D eigenvalue weighted by atomic mass is 10.7. The van der Waals surface area contributed by atoms with Crippen LogP contribution in [0.5, 0.6) is 0 Å². The Kier molecular flexibility index (Phi) is 4.72. The summed E-state index contributed by atoms with van der Waals surface area (Å²) in [6, 6.07) is 0. The molecule has 1 aliphatic rings. The Bertz CT molecular complexity index is 382. The molecule has 1 unspecified atom stereocenters. The Hall–Kier alpha value is -1.33. The molecule has 7 nitrogen and oxygen atoms in total. The molecule has 1 rings (SSSR count). The van der Waals surface area contributed by atoms with Crippen LogP contribution in [0, 0.1) is 0 Å². The fourth-order valence-electron chi connectivity index (χ4n) is 0.969. The minimum Gasteiger partial charge on any atom is -0.434 e. The van der Waals surface area contributed by atoms with Crippen LogP contribution in [0.3, 0.4) is 0 Å². The zero-order chi connectivity index (χ0) is 12.9. The molecule has 0 N–H and O–H groups in total. The number of hydrogen-bond acceptors (Lipinski definition) is 7. The summed E-state index contributed by atoms with van der Waals surface area (Å²) < 4.78 is 26.5. The maximum Gasteiger partial charge on any atom is 0.515 e. The predicted octanol–water partition coefficient (Wildman–Crippen LogP) is 2.16. The number of carbonyl (C=O) groups excluding carboxylic acids is 1. The standard InChI is InChI=1S/C9H15N2O5P/c1-4-14-9(12)15-17(13,8(2)3)16-11-6-5-10-7-11/h7H,2,4-6H2,1,3H3. The van der Waals surface area contributed by atoms with Crippen LogP contribution >= 0.6 is 7.60 Å². The number of rotatable bonds is 5. The van der Waals surface area contributed by atoms with E-state index < -0.39 is 13.8 Å². The summed E-state index contributed by atoms with van der Waals surface area (Å²) in [7, 11) is -3.76. The van der Waals surface area contributed by atoms with E-state index in [4.69, 9.17) is 4.62 Å². The lowest BCUT2D eigenvalue weighted by Crippen LogP contribution is -2.20. The molecule has 17 heavy (non-hydrogen) atoms. The second-order valence-electron chi connectivity index (χ2n) is 3.25. The highest BCUT2D eigenvalue weighted by atomic mass is 31.2. The van der Waals surface area contributed by atoms with Crippen LogP contribution in [0.25, 0.3) is 0 Å². The van der Waals surface area contributed by atoms with Crippen LogP contribution in [0.1, 0.15) is 13.8 Å². The van der Waals surface area contributed by atoms with E-state index in [1.54, 1.807) is 6.92 Å². The van der Waals surface area contributed by atoms with Gasteiger partial charge in [-0.25, -0.2) is 14.4 Å². The first-order valence-corrected chi connectivity index (χ1v) is 6.61. The summed E-state index contributed by atoms with van der Waals surface area (Å²) in [5, 5.41) is 1.36. The van der Waals surface area contributed by atoms with Crippen molar-refractivity contribution >= 4 is 20.1 Å². The van der Waals surface area contributed by atoms with Crippen LogP contribution in [-0.2, 0) is 18.5 Å². The van der Waals surface area contributed by atoms with Gasteiger partial charge in [-0.2, -0.15) is 4.62 Å². The Balaban J connectivity index is 2.68. The molecule has 0 amide bonds. The van der Waals surface area contributed by atoms with Crippen molar-refractivity contribution in [3.8, 4) is 0 Å². The summed E-state index contributed by atoms with van der Waals surface area (Å²) in [6.07, 6.45) is 0.333. The number of nitrogens with zero attached hydrogens (tertiary/aromatic N) is 2. The van der Waals surface area contributed by atoms with Gasteiger partial charge >= 0.3 is 13.8 Å². The first-order valence-electron chi connectivity index (χ1n) is 5.06. The van der Waals surface area contributed by atoms with E-state index in [0.29, 0.717) is 13.1 Å². The third kappa shape index (κ3) is 3.87. The fraction of sp³-hybridized carbons (Fsp3) is 0.556. The highest BCUT2D eigenvalue weighted by Crippen LogP contribution is 2.56. The van der Waals surface area contributed by atoms with E-state index in [2.05, 4.69) is 20.8 Å². The van der Waals surface area contributed by atoms with E-state index >= 15 is 0 Å². The van der Waals surface area contributed by atoms with Crippen molar-refractivity contribution in [2.24, 2.45) is 4.99 Å². The van der Waals surface area contributed by atoms with Crippen molar-refractivity contribution in [3.05, 3.63) is 11.9 Å². The van der Waals surface area contributed by atoms with Crippen molar-refractivity contribution in [2.45, 2.75) is 13.8 Å². The Morgan fingerprint density at radius 3 is 2.82 bits per heavy atom. The predicted molar refractivity (Wildman–Crippen MR) is 61.7 cm³/mol. The molecule has 1 aliphatic heterocycles. The number of hydrogen-bond donors (Lipinski definition) is 0. The third-order valence-corrected chi connectivity index (χ3v) is 3.55. The summed E-state index contributed by atoms with van der Waals surface area (Å²) in [5.41, 5.74) is 0. The summed E-state index contributed by atoms with van der Waals surface area (Å²) in [6.45, 7) is 7.66. The molecular formula is C9H15N2O5P. The van der Waals surface area contributed by atoms with Crippen molar-refractivity contribution in [2.75, 3.05) is 19.7 Å². The van der Waals surface area contributed by atoms with Crippen LogP contribution in [-0.4, -0.2) is 37.3 Å².